The van der Waals surface area contributed by atoms with Gasteiger partial charge in [-0.25, -0.2) is 9.18 Å². The maximum absolute atomic E-state index is 12.9. The number of rotatable bonds is 3. The van der Waals surface area contributed by atoms with Gasteiger partial charge in [-0.15, -0.1) is 0 Å². The SMILES string of the molecule is COC(=O)[C@@H](c1ccc(F)cc1)N1CCNCC1. The van der Waals surface area contributed by atoms with E-state index in [2.05, 4.69) is 10.2 Å². The van der Waals surface area contributed by atoms with Gasteiger partial charge in [0, 0.05) is 26.2 Å². The molecule has 0 spiro atoms. The molecule has 5 heteroatoms. The molecule has 18 heavy (non-hydrogen) atoms. The van der Waals surface area contributed by atoms with Gasteiger partial charge in [0.2, 0.25) is 0 Å². The first-order valence-electron chi connectivity index (χ1n) is 6.00. The highest BCUT2D eigenvalue weighted by Crippen LogP contribution is 2.22. The highest BCUT2D eigenvalue weighted by molar-refractivity contribution is 5.77. The van der Waals surface area contributed by atoms with E-state index in [1.54, 1.807) is 12.1 Å². The summed E-state index contributed by atoms with van der Waals surface area (Å²) in [7, 11) is 1.38. The lowest BCUT2D eigenvalue weighted by molar-refractivity contribution is -0.147. The number of carbonyl (C=O) groups excluding carboxylic acids is 1. The number of carbonyl (C=O) groups is 1. The maximum atomic E-state index is 12.9. The van der Waals surface area contributed by atoms with Crippen LogP contribution in [0.3, 0.4) is 0 Å². The number of methoxy groups -OCH3 is 1. The zero-order chi connectivity index (χ0) is 13.0. The Morgan fingerprint density at radius 1 is 1.33 bits per heavy atom. The third kappa shape index (κ3) is 2.86. The molecule has 0 amide bonds. The van der Waals surface area contributed by atoms with Crippen molar-refractivity contribution in [3.8, 4) is 0 Å². The lowest BCUT2D eigenvalue weighted by Gasteiger charge is -2.33. The van der Waals surface area contributed by atoms with Crippen molar-refractivity contribution < 1.29 is 13.9 Å². The fraction of sp³-hybridized carbons (Fsp3) is 0.462. The molecule has 1 N–H and O–H groups in total. The lowest BCUT2D eigenvalue weighted by atomic mass is 10.0. The van der Waals surface area contributed by atoms with E-state index < -0.39 is 6.04 Å². The molecular formula is C13H17FN2O2. The number of benzene rings is 1. The number of nitrogens with zero attached hydrogens (tertiary/aromatic N) is 1. The van der Waals surface area contributed by atoms with Crippen molar-refractivity contribution in [1.82, 2.24) is 10.2 Å². The molecule has 1 aromatic carbocycles. The van der Waals surface area contributed by atoms with Crippen LogP contribution in [-0.2, 0) is 9.53 Å². The minimum absolute atomic E-state index is 0.302. The number of hydrogen-bond donors (Lipinski definition) is 1. The van der Waals surface area contributed by atoms with Crippen LogP contribution in [0.4, 0.5) is 4.39 Å². The Hall–Kier alpha value is -1.46. The molecule has 0 bridgehead atoms. The zero-order valence-electron chi connectivity index (χ0n) is 10.4. The van der Waals surface area contributed by atoms with Gasteiger partial charge in [0.15, 0.2) is 0 Å². The second kappa shape index (κ2) is 5.93. The topological polar surface area (TPSA) is 41.6 Å². The van der Waals surface area contributed by atoms with Crippen molar-refractivity contribution in [1.29, 1.82) is 0 Å². The summed E-state index contributed by atoms with van der Waals surface area (Å²) in [5.41, 5.74) is 0.769. The van der Waals surface area contributed by atoms with E-state index in [9.17, 15) is 9.18 Å². The van der Waals surface area contributed by atoms with Gasteiger partial charge >= 0.3 is 5.97 Å². The van der Waals surface area contributed by atoms with Crippen LogP contribution in [0.25, 0.3) is 0 Å². The summed E-state index contributed by atoms with van der Waals surface area (Å²) < 4.78 is 17.8. The van der Waals surface area contributed by atoms with Gasteiger partial charge in [-0.2, -0.15) is 0 Å². The van der Waals surface area contributed by atoms with Gasteiger partial charge in [0.05, 0.1) is 7.11 Å². The van der Waals surface area contributed by atoms with Crippen LogP contribution in [0.5, 0.6) is 0 Å². The first-order valence-corrected chi connectivity index (χ1v) is 6.00. The van der Waals surface area contributed by atoms with Gasteiger partial charge in [0.1, 0.15) is 11.9 Å². The van der Waals surface area contributed by atoms with Crippen molar-refractivity contribution in [3.05, 3.63) is 35.6 Å². The second-order valence-electron chi connectivity index (χ2n) is 4.26. The van der Waals surface area contributed by atoms with Crippen molar-refractivity contribution in [2.24, 2.45) is 0 Å². The van der Waals surface area contributed by atoms with Crippen LogP contribution in [-0.4, -0.2) is 44.2 Å². The van der Waals surface area contributed by atoms with Crippen LogP contribution in [0.1, 0.15) is 11.6 Å². The fourth-order valence-corrected chi connectivity index (χ4v) is 2.19. The lowest BCUT2D eigenvalue weighted by Crippen LogP contribution is -2.47. The van der Waals surface area contributed by atoms with E-state index in [1.165, 1.54) is 19.2 Å². The third-order valence-corrected chi connectivity index (χ3v) is 3.13. The average Bonchev–Trinajstić information content (AvgIpc) is 2.42. The van der Waals surface area contributed by atoms with Gasteiger partial charge in [-0.05, 0) is 17.7 Å². The van der Waals surface area contributed by atoms with E-state index in [1.807, 2.05) is 0 Å². The highest BCUT2D eigenvalue weighted by atomic mass is 19.1. The van der Waals surface area contributed by atoms with E-state index in [4.69, 9.17) is 4.74 Å². The molecular weight excluding hydrogens is 235 g/mol. The molecule has 0 saturated carbocycles. The van der Waals surface area contributed by atoms with Gasteiger partial charge < -0.3 is 10.1 Å². The van der Waals surface area contributed by atoms with Crippen LogP contribution >= 0.6 is 0 Å². The Morgan fingerprint density at radius 2 is 1.94 bits per heavy atom. The molecule has 0 unspecified atom stereocenters. The third-order valence-electron chi connectivity index (χ3n) is 3.13. The second-order valence-corrected chi connectivity index (χ2v) is 4.26. The van der Waals surface area contributed by atoms with Crippen molar-refractivity contribution in [3.63, 3.8) is 0 Å². The summed E-state index contributed by atoms with van der Waals surface area (Å²) in [6, 6.07) is 5.57. The van der Waals surface area contributed by atoms with Crippen LogP contribution in [0.15, 0.2) is 24.3 Å². The minimum atomic E-state index is -0.447. The summed E-state index contributed by atoms with van der Waals surface area (Å²) in [5.74, 6) is -0.605. The number of hydrogen-bond acceptors (Lipinski definition) is 4. The smallest absolute Gasteiger partial charge is 0.327 e. The standard InChI is InChI=1S/C13H17FN2O2/c1-18-13(17)12(16-8-6-15-7-9-16)10-2-4-11(14)5-3-10/h2-5,12,15H,6-9H2,1H3/t12-/m1/s1. The number of nitrogens with one attached hydrogen (secondary N) is 1. The molecule has 1 atom stereocenters. The van der Waals surface area contributed by atoms with E-state index in [0.29, 0.717) is 0 Å². The normalized spacial score (nSPS) is 18.3. The quantitative estimate of drug-likeness (QED) is 0.813. The van der Waals surface area contributed by atoms with E-state index in [0.717, 1.165) is 31.7 Å². The fourth-order valence-electron chi connectivity index (χ4n) is 2.19. The van der Waals surface area contributed by atoms with Gasteiger partial charge in [0.25, 0.3) is 0 Å². The van der Waals surface area contributed by atoms with Crippen LogP contribution < -0.4 is 5.32 Å². The molecule has 2 rings (SSSR count). The molecule has 1 aliphatic rings. The van der Waals surface area contributed by atoms with Crippen LogP contribution in [0, 0.1) is 5.82 Å². The summed E-state index contributed by atoms with van der Waals surface area (Å²) in [5, 5.41) is 3.23. The molecule has 0 radical (unpaired) electrons. The largest absolute Gasteiger partial charge is 0.468 e. The summed E-state index contributed by atoms with van der Waals surface area (Å²) in [6.07, 6.45) is 0. The number of ether oxygens (including phenoxy) is 1. The number of piperazine rings is 1. The number of esters is 1. The zero-order valence-corrected chi connectivity index (χ0v) is 10.4. The Labute approximate surface area is 106 Å². The summed E-state index contributed by atoms with van der Waals surface area (Å²) >= 11 is 0. The molecule has 1 saturated heterocycles. The Balaban J connectivity index is 2.23. The van der Waals surface area contributed by atoms with Crippen LogP contribution in [0.2, 0.25) is 0 Å². The predicted molar refractivity (Wildman–Crippen MR) is 65.6 cm³/mol. The van der Waals surface area contributed by atoms with Gasteiger partial charge in [-0.1, -0.05) is 12.1 Å². The Morgan fingerprint density at radius 3 is 2.50 bits per heavy atom. The molecule has 0 aromatic heterocycles. The first-order chi connectivity index (χ1) is 8.72. The molecule has 1 fully saturated rings. The summed E-state index contributed by atoms with van der Waals surface area (Å²) in [4.78, 5) is 14.0. The minimum Gasteiger partial charge on any atom is -0.468 e. The van der Waals surface area contributed by atoms with Crippen molar-refractivity contribution in [2.75, 3.05) is 33.3 Å². The monoisotopic (exact) mass is 252 g/mol. The molecule has 98 valence electrons. The Kier molecular flexibility index (Phi) is 4.28. The average molecular weight is 252 g/mol. The highest BCUT2D eigenvalue weighted by Gasteiger charge is 2.29. The first kappa shape index (κ1) is 13.0. The molecule has 1 aliphatic heterocycles. The molecule has 0 aliphatic carbocycles. The number of halogens is 1. The predicted octanol–water partition coefficient (Wildman–Crippen LogP) is 0.945. The summed E-state index contributed by atoms with van der Waals surface area (Å²) in [6.45, 7) is 3.23. The van der Waals surface area contributed by atoms with Crippen molar-refractivity contribution >= 4 is 5.97 Å². The van der Waals surface area contributed by atoms with Crippen molar-refractivity contribution in [2.45, 2.75) is 6.04 Å². The maximum Gasteiger partial charge on any atom is 0.327 e. The van der Waals surface area contributed by atoms with E-state index >= 15 is 0 Å². The molecule has 1 aromatic rings. The molecule has 4 nitrogen and oxygen atoms in total. The molecule has 1 heterocycles. The van der Waals surface area contributed by atoms with Gasteiger partial charge in [-0.3, -0.25) is 4.90 Å². The Bertz CT molecular complexity index is 402. The van der Waals surface area contributed by atoms with E-state index in [-0.39, 0.29) is 11.8 Å².